The molecule has 0 unspecified atom stereocenters. The predicted octanol–water partition coefficient (Wildman–Crippen LogP) is 7.94. The Kier molecular flexibility index (Phi) is 7.49. The Morgan fingerprint density at radius 2 is 1.05 bits per heavy atom. The number of carbonyl (C=O) groups is 1. The Bertz CT molecular complexity index is 1400. The van der Waals surface area contributed by atoms with Gasteiger partial charge in [-0.25, -0.2) is 4.79 Å². The molecule has 1 N–H and O–H groups in total. The highest BCUT2D eigenvalue weighted by Crippen LogP contribution is 2.36. The maximum absolute atomic E-state index is 12.4. The third kappa shape index (κ3) is 5.67. The van der Waals surface area contributed by atoms with Crippen molar-refractivity contribution in [1.82, 2.24) is 0 Å². The molecule has 0 heterocycles. The Morgan fingerprint density at radius 3 is 1.47 bits per heavy atom. The zero-order chi connectivity index (χ0) is 27.5. The maximum Gasteiger partial charge on any atom is 0.519 e. The molecule has 5 nitrogen and oxygen atoms in total. The van der Waals surface area contributed by atoms with Crippen molar-refractivity contribution in [3.8, 4) is 23.0 Å². The number of phenols is 1. The summed E-state index contributed by atoms with van der Waals surface area (Å²) in [5.74, 6) is 1.87. The fourth-order valence-electron chi connectivity index (χ4n) is 4.77. The van der Waals surface area contributed by atoms with Crippen LogP contribution in [0.25, 0.3) is 0 Å². The monoisotopic (exact) mass is 510 g/mol. The quantitative estimate of drug-likeness (QED) is 0.202. The van der Waals surface area contributed by atoms with Gasteiger partial charge >= 0.3 is 6.16 Å². The second-order valence-corrected chi connectivity index (χ2v) is 10.5. The zero-order valence-corrected chi connectivity index (χ0v) is 22.7. The highest BCUT2D eigenvalue weighted by molar-refractivity contribution is 5.67. The van der Waals surface area contributed by atoms with Crippen LogP contribution in [-0.4, -0.2) is 18.4 Å². The molecule has 0 atom stereocenters. The molecule has 0 aliphatic heterocycles. The first-order valence-corrected chi connectivity index (χ1v) is 12.6. The van der Waals surface area contributed by atoms with Gasteiger partial charge in [-0.2, -0.15) is 0 Å². The zero-order valence-electron chi connectivity index (χ0n) is 22.7. The fraction of sp³-hybridized carbons (Fsp3) is 0.242. The first-order chi connectivity index (χ1) is 18.0. The van der Waals surface area contributed by atoms with Gasteiger partial charge in [-0.05, 0) is 83.3 Å². The fourth-order valence-corrected chi connectivity index (χ4v) is 4.77. The minimum absolute atomic E-state index is 0.237. The first kappa shape index (κ1) is 26.8. The van der Waals surface area contributed by atoms with Crippen molar-refractivity contribution in [2.45, 2.75) is 45.4 Å². The van der Waals surface area contributed by atoms with Crippen molar-refractivity contribution in [2.75, 3.05) is 7.11 Å². The van der Waals surface area contributed by atoms with Gasteiger partial charge in [0.15, 0.2) is 0 Å². The smallest absolute Gasteiger partial charge is 0.508 e. The average Bonchev–Trinajstić information content (AvgIpc) is 2.89. The molecule has 0 saturated carbocycles. The van der Waals surface area contributed by atoms with E-state index in [1.54, 1.807) is 43.5 Å². The van der Waals surface area contributed by atoms with E-state index < -0.39 is 6.16 Å². The number of hydrogen-bond donors (Lipinski definition) is 1. The third-order valence-electron chi connectivity index (χ3n) is 7.25. The van der Waals surface area contributed by atoms with Gasteiger partial charge in [0, 0.05) is 10.8 Å². The molecular formula is C33H34O5. The van der Waals surface area contributed by atoms with Crippen LogP contribution in [0.2, 0.25) is 0 Å². The maximum atomic E-state index is 12.4. The van der Waals surface area contributed by atoms with E-state index >= 15 is 0 Å². The normalized spacial score (nSPS) is 11.6. The van der Waals surface area contributed by atoms with Gasteiger partial charge < -0.3 is 19.3 Å². The highest BCUT2D eigenvalue weighted by atomic mass is 16.7. The molecule has 0 spiro atoms. The lowest BCUT2D eigenvalue weighted by atomic mass is 9.76. The lowest BCUT2D eigenvalue weighted by Crippen LogP contribution is -2.20. The first-order valence-electron chi connectivity index (χ1n) is 12.6. The van der Waals surface area contributed by atoms with Crippen molar-refractivity contribution >= 4 is 6.16 Å². The second kappa shape index (κ2) is 10.6. The van der Waals surface area contributed by atoms with Crippen molar-refractivity contribution in [3.63, 3.8) is 0 Å². The number of phenolic OH excluding ortho intramolecular Hbond substituents is 1. The van der Waals surface area contributed by atoms with Crippen LogP contribution in [0.1, 0.15) is 55.5 Å². The number of carbonyl (C=O) groups excluding carboxylic acids is 1. The van der Waals surface area contributed by atoms with Crippen molar-refractivity contribution in [2.24, 2.45) is 0 Å². The summed E-state index contributed by atoms with van der Waals surface area (Å²) >= 11 is 0. The molecule has 0 aliphatic rings. The number of hydrogen-bond acceptors (Lipinski definition) is 5. The molecule has 0 radical (unpaired) electrons. The Labute approximate surface area is 224 Å². The van der Waals surface area contributed by atoms with Gasteiger partial charge in [-0.1, -0.05) is 70.2 Å². The van der Waals surface area contributed by atoms with Crippen molar-refractivity contribution in [3.05, 3.63) is 119 Å². The summed E-state index contributed by atoms with van der Waals surface area (Å²) in [6, 6.07) is 28.2. The van der Waals surface area contributed by atoms with E-state index in [9.17, 15) is 9.90 Å². The van der Waals surface area contributed by atoms with Crippen LogP contribution in [0.3, 0.4) is 0 Å². The summed E-state index contributed by atoms with van der Waals surface area (Å²) in [6.45, 7) is 10.5. The van der Waals surface area contributed by atoms with Crippen LogP contribution < -0.4 is 14.2 Å². The molecule has 4 aromatic rings. The van der Waals surface area contributed by atoms with E-state index in [0.29, 0.717) is 11.5 Å². The van der Waals surface area contributed by atoms with E-state index in [4.69, 9.17) is 14.2 Å². The van der Waals surface area contributed by atoms with Crippen LogP contribution in [0.15, 0.2) is 91.0 Å². The van der Waals surface area contributed by atoms with E-state index in [1.807, 2.05) is 49.4 Å². The predicted molar refractivity (Wildman–Crippen MR) is 150 cm³/mol. The standard InChI is InChI=1S/C33H34O5/c1-22-21-26(34)13-20-30(22)33(4,5)25-11-18-29(19-12-25)38-31(35)37-28-16-9-24(10-17-28)32(2,3)23-7-14-27(36-6)15-8-23/h7-21,34H,1-6H3. The Morgan fingerprint density at radius 1 is 0.632 bits per heavy atom. The van der Waals surface area contributed by atoms with Crippen molar-refractivity contribution < 1.29 is 24.1 Å². The average molecular weight is 511 g/mol. The van der Waals surface area contributed by atoms with Crippen LogP contribution in [-0.2, 0) is 10.8 Å². The van der Waals surface area contributed by atoms with Gasteiger partial charge in [0.25, 0.3) is 0 Å². The van der Waals surface area contributed by atoms with Gasteiger partial charge in [-0.15, -0.1) is 0 Å². The number of benzene rings is 4. The molecule has 0 saturated heterocycles. The summed E-state index contributed by atoms with van der Waals surface area (Å²) in [6.07, 6.45) is -0.798. The molecule has 0 bridgehead atoms. The molecule has 38 heavy (non-hydrogen) atoms. The molecule has 0 aromatic heterocycles. The number of aromatic hydroxyl groups is 1. The largest absolute Gasteiger partial charge is 0.519 e. The molecule has 0 aliphatic carbocycles. The van der Waals surface area contributed by atoms with Crippen LogP contribution >= 0.6 is 0 Å². The highest BCUT2D eigenvalue weighted by Gasteiger charge is 2.26. The lowest BCUT2D eigenvalue weighted by Gasteiger charge is -2.28. The topological polar surface area (TPSA) is 65.0 Å². The van der Waals surface area contributed by atoms with Gasteiger partial charge in [0.2, 0.25) is 0 Å². The molecule has 196 valence electrons. The molecule has 5 heteroatoms. The van der Waals surface area contributed by atoms with Crippen molar-refractivity contribution in [1.29, 1.82) is 0 Å². The third-order valence-corrected chi connectivity index (χ3v) is 7.25. The Balaban J connectivity index is 1.40. The summed E-state index contributed by atoms with van der Waals surface area (Å²) in [5.41, 5.74) is 4.89. The molecule has 4 aromatic carbocycles. The minimum Gasteiger partial charge on any atom is -0.508 e. The SMILES string of the molecule is COc1ccc(C(C)(C)c2ccc(OC(=O)Oc3ccc(C(C)(C)c4ccc(O)cc4C)cc3)cc2)cc1. The number of aryl methyl sites for hydroxylation is 1. The minimum atomic E-state index is -0.798. The van der Waals surface area contributed by atoms with Crippen LogP contribution in [0.5, 0.6) is 23.0 Å². The van der Waals surface area contributed by atoms with Crippen LogP contribution in [0, 0.1) is 6.92 Å². The summed E-state index contributed by atoms with van der Waals surface area (Å²) in [5, 5.41) is 9.75. The van der Waals surface area contributed by atoms with E-state index in [-0.39, 0.29) is 16.6 Å². The summed E-state index contributed by atoms with van der Waals surface area (Å²) in [7, 11) is 1.65. The number of methoxy groups -OCH3 is 1. The lowest BCUT2D eigenvalue weighted by molar-refractivity contribution is 0.152. The molecular weight excluding hydrogens is 476 g/mol. The van der Waals surface area contributed by atoms with E-state index in [0.717, 1.165) is 33.6 Å². The summed E-state index contributed by atoms with van der Waals surface area (Å²) < 4.78 is 16.1. The van der Waals surface area contributed by atoms with Crippen LogP contribution in [0.4, 0.5) is 4.79 Å². The molecule has 0 amide bonds. The molecule has 0 fully saturated rings. The number of ether oxygens (including phenoxy) is 3. The number of rotatable bonds is 7. The second-order valence-electron chi connectivity index (χ2n) is 10.5. The Hall–Kier alpha value is -4.25. The van der Waals surface area contributed by atoms with E-state index in [2.05, 4.69) is 39.8 Å². The van der Waals surface area contributed by atoms with Gasteiger partial charge in [-0.3, -0.25) is 0 Å². The van der Waals surface area contributed by atoms with E-state index in [1.165, 1.54) is 0 Å². The summed E-state index contributed by atoms with van der Waals surface area (Å²) in [4.78, 5) is 12.4. The van der Waals surface area contributed by atoms with Gasteiger partial charge in [0.1, 0.15) is 23.0 Å². The van der Waals surface area contributed by atoms with Gasteiger partial charge in [0.05, 0.1) is 7.11 Å². The molecule has 4 rings (SSSR count).